The van der Waals surface area contributed by atoms with Crippen LogP contribution in [-0.4, -0.2) is 45.7 Å². The zero-order valence-electron chi connectivity index (χ0n) is 18.0. The van der Waals surface area contributed by atoms with E-state index in [1.54, 1.807) is 6.20 Å². The molecular formula is C24H25ClN4O3S. The number of likely N-dealkylation sites (tertiary alicyclic amines) is 1. The van der Waals surface area contributed by atoms with Gasteiger partial charge in [0.15, 0.2) is 0 Å². The summed E-state index contributed by atoms with van der Waals surface area (Å²) in [6.07, 6.45) is 3.41. The summed E-state index contributed by atoms with van der Waals surface area (Å²) in [5.74, 6) is 2.11. The van der Waals surface area contributed by atoms with Crippen molar-refractivity contribution >= 4 is 44.2 Å². The monoisotopic (exact) mass is 484 g/mol. The summed E-state index contributed by atoms with van der Waals surface area (Å²) in [5.41, 5.74) is 2.01. The first kappa shape index (κ1) is 22.1. The Morgan fingerprint density at radius 2 is 1.94 bits per heavy atom. The Morgan fingerprint density at radius 1 is 1.09 bits per heavy atom. The fraction of sp³-hybridized carbons (Fsp3) is 0.375. The molecule has 2 atom stereocenters. The highest BCUT2D eigenvalue weighted by Gasteiger charge is 2.38. The maximum atomic E-state index is 13.0. The predicted octanol–water partition coefficient (Wildman–Crippen LogP) is 3.61. The number of nitrogens with zero attached hydrogens (tertiary/aromatic N) is 3. The summed E-state index contributed by atoms with van der Waals surface area (Å²) in [6.45, 7) is 4.27. The molecule has 7 nitrogen and oxygen atoms in total. The fourth-order valence-electron chi connectivity index (χ4n) is 5.17. The molecule has 2 aliphatic rings. The lowest BCUT2D eigenvalue weighted by molar-refractivity contribution is 0.212. The Kier molecular flexibility index (Phi) is 5.99. The molecule has 4 aromatic rings. The molecule has 5 heterocycles. The van der Waals surface area contributed by atoms with Crippen LogP contribution < -0.4 is 16.0 Å². The largest absolute Gasteiger partial charge is 0.493 e. The minimum Gasteiger partial charge on any atom is -0.493 e. The highest BCUT2D eigenvalue weighted by Crippen LogP contribution is 2.41. The number of aromatic amines is 1. The number of nitrogens with one attached hydrogen (secondary N) is 1. The third-order valence-corrected chi connectivity index (χ3v) is 7.89. The molecule has 0 unspecified atom stereocenters. The van der Waals surface area contributed by atoms with E-state index in [0.29, 0.717) is 34.1 Å². The normalized spacial score (nSPS) is 19.8. The maximum absolute atomic E-state index is 13.0. The molecule has 2 aliphatic heterocycles. The molecule has 6 rings (SSSR count). The first-order valence-corrected chi connectivity index (χ1v) is 11.9. The van der Waals surface area contributed by atoms with Gasteiger partial charge >= 0.3 is 5.69 Å². The minimum atomic E-state index is -0.353. The Labute approximate surface area is 200 Å². The number of thiophene rings is 1. The summed E-state index contributed by atoms with van der Waals surface area (Å²) in [7, 11) is 0. The number of fused-ring (bicyclic) bond motifs is 6. The van der Waals surface area contributed by atoms with Gasteiger partial charge in [0.25, 0.3) is 5.56 Å². The fourth-order valence-corrected chi connectivity index (χ4v) is 6.24. The number of ether oxygens (including phenoxy) is 1. The van der Waals surface area contributed by atoms with Crippen molar-refractivity contribution in [2.24, 2.45) is 5.92 Å². The topological polar surface area (TPSA) is 80.2 Å². The Balaban J connectivity index is 0.00000228. The van der Waals surface area contributed by atoms with Crippen LogP contribution in [0.25, 0.3) is 20.4 Å². The Morgan fingerprint density at radius 3 is 2.85 bits per heavy atom. The quantitative estimate of drug-likeness (QED) is 0.438. The molecule has 33 heavy (non-hydrogen) atoms. The Hall–Kier alpha value is -2.68. The molecular weight excluding hydrogens is 460 g/mol. The third-order valence-electron chi connectivity index (χ3n) is 6.76. The van der Waals surface area contributed by atoms with Gasteiger partial charge in [-0.25, -0.2) is 4.79 Å². The van der Waals surface area contributed by atoms with Crippen LogP contribution in [0.5, 0.6) is 5.75 Å². The average molecular weight is 485 g/mol. The second-order valence-electron chi connectivity index (χ2n) is 8.73. The van der Waals surface area contributed by atoms with E-state index in [0.717, 1.165) is 49.5 Å². The smallest absolute Gasteiger partial charge is 0.328 e. The zero-order valence-corrected chi connectivity index (χ0v) is 19.7. The van der Waals surface area contributed by atoms with E-state index in [-0.39, 0.29) is 23.7 Å². The van der Waals surface area contributed by atoms with Crippen molar-refractivity contribution in [1.82, 2.24) is 19.4 Å². The van der Waals surface area contributed by atoms with Gasteiger partial charge in [-0.1, -0.05) is 18.2 Å². The van der Waals surface area contributed by atoms with E-state index in [1.165, 1.54) is 21.5 Å². The average Bonchev–Trinajstić information content (AvgIpc) is 3.40. The number of unbranched alkanes of at least 4 members (excludes halogenated alkanes) is 1. The molecule has 0 radical (unpaired) electrons. The van der Waals surface area contributed by atoms with E-state index in [4.69, 9.17) is 4.74 Å². The molecule has 0 bridgehead atoms. The van der Waals surface area contributed by atoms with E-state index in [1.807, 2.05) is 18.2 Å². The van der Waals surface area contributed by atoms with Gasteiger partial charge in [-0.2, -0.15) is 0 Å². The molecule has 1 fully saturated rings. The van der Waals surface area contributed by atoms with Gasteiger partial charge in [0, 0.05) is 37.7 Å². The van der Waals surface area contributed by atoms with Crippen molar-refractivity contribution in [3.63, 3.8) is 0 Å². The molecule has 1 saturated heterocycles. The lowest BCUT2D eigenvalue weighted by Crippen LogP contribution is -2.34. The van der Waals surface area contributed by atoms with Crippen molar-refractivity contribution in [2.75, 3.05) is 26.2 Å². The standard InChI is InChI=1S/C24H24N4O3S.ClH/c29-23-22-21(20-19(32-22)8-5-9-25-20)26-24(30)28(23)11-4-3-10-27-12-15-14-31-18-7-2-1-6-16(18)17(15)13-27;/h1-2,5-9,15,17H,3-4,10-14H2,(H,26,30);1H/t15-,17-;/m1./s1. The van der Waals surface area contributed by atoms with Crippen molar-refractivity contribution in [2.45, 2.75) is 25.3 Å². The second kappa shape index (κ2) is 8.93. The Bertz CT molecular complexity index is 1430. The van der Waals surface area contributed by atoms with Crippen molar-refractivity contribution < 1.29 is 4.74 Å². The van der Waals surface area contributed by atoms with Crippen LogP contribution >= 0.6 is 23.7 Å². The molecule has 0 saturated carbocycles. The maximum Gasteiger partial charge on any atom is 0.328 e. The molecule has 1 aromatic carbocycles. The van der Waals surface area contributed by atoms with Gasteiger partial charge in [0.2, 0.25) is 0 Å². The van der Waals surface area contributed by atoms with Gasteiger partial charge in [0.05, 0.1) is 16.8 Å². The third kappa shape index (κ3) is 3.86. The number of benzene rings is 1. The second-order valence-corrected chi connectivity index (χ2v) is 9.78. The van der Waals surface area contributed by atoms with Gasteiger partial charge in [0.1, 0.15) is 16.0 Å². The van der Waals surface area contributed by atoms with Crippen LogP contribution in [0.1, 0.15) is 24.3 Å². The summed E-state index contributed by atoms with van der Waals surface area (Å²) < 4.78 is 8.77. The number of aromatic nitrogens is 3. The number of H-pyrrole nitrogens is 1. The summed E-state index contributed by atoms with van der Waals surface area (Å²) >= 11 is 1.39. The van der Waals surface area contributed by atoms with Gasteiger partial charge in [-0.3, -0.25) is 14.3 Å². The minimum absolute atomic E-state index is 0. The molecule has 1 N–H and O–H groups in total. The zero-order chi connectivity index (χ0) is 21.7. The number of hydrogen-bond donors (Lipinski definition) is 1. The number of para-hydroxylation sites is 1. The summed E-state index contributed by atoms with van der Waals surface area (Å²) in [5, 5.41) is 0. The van der Waals surface area contributed by atoms with Crippen molar-refractivity contribution in [1.29, 1.82) is 0 Å². The van der Waals surface area contributed by atoms with E-state index in [2.05, 4.69) is 33.1 Å². The van der Waals surface area contributed by atoms with Crippen LogP contribution in [0, 0.1) is 5.92 Å². The highest BCUT2D eigenvalue weighted by atomic mass is 35.5. The molecule has 0 spiro atoms. The first-order chi connectivity index (χ1) is 15.7. The molecule has 3 aromatic heterocycles. The molecule has 9 heteroatoms. The predicted molar refractivity (Wildman–Crippen MR) is 133 cm³/mol. The van der Waals surface area contributed by atoms with Crippen LogP contribution in [0.2, 0.25) is 0 Å². The van der Waals surface area contributed by atoms with Gasteiger partial charge in [-0.15, -0.1) is 23.7 Å². The molecule has 172 valence electrons. The molecule has 0 aliphatic carbocycles. The first-order valence-electron chi connectivity index (χ1n) is 11.1. The molecule has 0 amide bonds. The van der Waals surface area contributed by atoms with E-state index < -0.39 is 0 Å². The number of rotatable bonds is 5. The summed E-state index contributed by atoms with van der Waals surface area (Å²) in [6, 6.07) is 12.1. The van der Waals surface area contributed by atoms with E-state index >= 15 is 0 Å². The highest BCUT2D eigenvalue weighted by molar-refractivity contribution is 7.25. The van der Waals surface area contributed by atoms with Crippen LogP contribution in [-0.2, 0) is 6.54 Å². The summed E-state index contributed by atoms with van der Waals surface area (Å²) in [4.78, 5) is 35.2. The van der Waals surface area contributed by atoms with Crippen LogP contribution in [0.4, 0.5) is 0 Å². The lowest BCUT2D eigenvalue weighted by Gasteiger charge is -2.27. The van der Waals surface area contributed by atoms with Crippen LogP contribution in [0.15, 0.2) is 52.2 Å². The van der Waals surface area contributed by atoms with Crippen molar-refractivity contribution in [3.8, 4) is 5.75 Å². The van der Waals surface area contributed by atoms with Crippen molar-refractivity contribution in [3.05, 3.63) is 69.0 Å². The number of pyridine rings is 1. The van der Waals surface area contributed by atoms with Gasteiger partial charge < -0.3 is 14.6 Å². The SMILES string of the molecule is Cl.O=c1[nH]c2c(sc3cccnc32)c(=O)n1CCCCN1C[C@@H]2COc3ccccc3[C@@H]2C1. The number of hydrogen-bond acceptors (Lipinski definition) is 6. The van der Waals surface area contributed by atoms with Crippen LogP contribution in [0.3, 0.4) is 0 Å². The number of halogens is 1. The van der Waals surface area contributed by atoms with E-state index in [9.17, 15) is 9.59 Å². The lowest BCUT2D eigenvalue weighted by atomic mass is 9.87. The van der Waals surface area contributed by atoms with Gasteiger partial charge in [-0.05, 0) is 43.1 Å².